The molecule has 128 valence electrons. The topological polar surface area (TPSA) is 75.3 Å². The summed E-state index contributed by atoms with van der Waals surface area (Å²) in [6, 6.07) is 11.5. The first kappa shape index (κ1) is 18.0. The van der Waals surface area contributed by atoms with Crippen LogP contribution in [-0.2, 0) is 17.6 Å². The molecule has 2 aromatic rings. The maximum absolute atomic E-state index is 13.3. The zero-order valence-corrected chi connectivity index (χ0v) is 13.1. The molecule has 0 saturated carbocycles. The molecule has 0 aliphatic rings. The molecular formula is C18H20F2N2O2. The van der Waals surface area contributed by atoms with E-state index in [0.717, 1.165) is 11.6 Å². The van der Waals surface area contributed by atoms with Gasteiger partial charge in [0.2, 0.25) is 5.91 Å². The van der Waals surface area contributed by atoms with Gasteiger partial charge in [-0.2, -0.15) is 0 Å². The molecule has 0 aliphatic heterocycles. The van der Waals surface area contributed by atoms with Crippen molar-refractivity contribution in [2.45, 2.75) is 25.0 Å². The van der Waals surface area contributed by atoms with Gasteiger partial charge in [0.25, 0.3) is 0 Å². The molecule has 2 aromatic carbocycles. The molecule has 0 bridgehead atoms. The normalized spacial score (nSPS) is 13.3. The summed E-state index contributed by atoms with van der Waals surface area (Å²) in [6.45, 7) is -0.0753. The zero-order chi connectivity index (χ0) is 17.5. The lowest BCUT2D eigenvalue weighted by Crippen LogP contribution is -2.48. The van der Waals surface area contributed by atoms with Crippen LogP contribution in [0, 0.1) is 11.6 Å². The number of halogens is 2. The van der Waals surface area contributed by atoms with Gasteiger partial charge in [0.05, 0.1) is 18.6 Å². The number of carbonyl (C=O) groups excluding carboxylic acids is 1. The maximum atomic E-state index is 13.3. The van der Waals surface area contributed by atoms with Crippen LogP contribution in [-0.4, -0.2) is 29.7 Å². The second-order valence-electron chi connectivity index (χ2n) is 5.62. The minimum atomic E-state index is -1.02. The van der Waals surface area contributed by atoms with E-state index in [1.165, 1.54) is 12.1 Å². The number of nitrogens with two attached hydrogens (primary N) is 1. The largest absolute Gasteiger partial charge is 0.390 e. The first-order valence-corrected chi connectivity index (χ1v) is 7.64. The van der Waals surface area contributed by atoms with Gasteiger partial charge >= 0.3 is 0 Å². The Kier molecular flexibility index (Phi) is 6.40. The third-order valence-electron chi connectivity index (χ3n) is 3.64. The van der Waals surface area contributed by atoms with Gasteiger partial charge in [-0.05, 0) is 29.7 Å². The number of hydrogen-bond acceptors (Lipinski definition) is 3. The Morgan fingerprint density at radius 1 is 1.08 bits per heavy atom. The Balaban J connectivity index is 2.06. The summed E-state index contributed by atoms with van der Waals surface area (Å²) >= 11 is 0. The van der Waals surface area contributed by atoms with E-state index < -0.39 is 23.8 Å². The van der Waals surface area contributed by atoms with E-state index >= 15 is 0 Å². The van der Waals surface area contributed by atoms with E-state index in [2.05, 4.69) is 5.32 Å². The molecular weight excluding hydrogens is 314 g/mol. The molecule has 0 spiro atoms. The van der Waals surface area contributed by atoms with E-state index in [9.17, 15) is 18.7 Å². The summed E-state index contributed by atoms with van der Waals surface area (Å²) in [7, 11) is 0. The SMILES string of the molecule is NC[C@@H](O)[C@H](Cc1cc(F)cc(F)c1)NC(=O)Cc1ccccc1. The van der Waals surface area contributed by atoms with E-state index in [4.69, 9.17) is 5.73 Å². The Hall–Kier alpha value is -2.31. The summed E-state index contributed by atoms with van der Waals surface area (Å²) in [6.07, 6.45) is -0.796. The average Bonchev–Trinajstić information content (AvgIpc) is 2.53. The number of benzene rings is 2. The van der Waals surface area contributed by atoms with Crippen LogP contribution in [0.5, 0.6) is 0 Å². The van der Waals surface area contributed by atoms with Crippen molar-refractivity contribution in [1.82, 2.24) is 5.32 Å². The highest BCUT2D eigenvalue weighted by atomic mass is 19.1. The Morgan fingerprint density at radius 2 is 1.71 bits per heavy atom. The molecule has 4 N–H and O–H groups in total. The molecule has 0 heterocycles. The molecule has 6 heteroatoms. The number of nitrogens with one attached hydrogen (secondary N) is 1. The van der Waals surface area contributed by atoms with E-state index in [1.54, 1.807) is 0 Å². The quantitative estimate of drug-likeness (QED) is 0.719. The van der Waals surface area contributed by atoms with Crippen molar-refractivity contribution in [2.24, 2.45) is 5.73 Å². The van der Waals surface area contributed by atoms with Crippen LogP contribution < -0.4 is 11.1 Å². The average molecular weight is 334 g/mol. The fraction of sp³-hybridized carbons (Fsp3) is 0.278. The first-order valence-electron chi connectivity index (χ1n) is 7.64. The summed E-state index contributed by atoms with van der Waals surface area (Å²) in [5.74, 6) is -1.71. The lowest BCUT2D eigenvalue weighted by molar-refractivity contribution is -0.121. The zero-order valence-electron chi connectivity index (χ0n) is 13.1. The maximum Gasteiger partial charge on any atom is 0.224 e. The molecule has 0 saturated heterocycles. The molecule has 0 aromatic heterocycles. The van der Waals surface area contributed by atoms with Crippen molar-refractivity contribution in [2.75, 3.05) is 6.54 Å². The lowest BCUT2D eigenvalue weighted by Gasteiger charge is -2.23. The van der Waals surface area contributed by atoms with Crippen molar-refractivity contribution >= 4 is 5.91 Å². The van der Waals surface area contributed by atoms with Crippen LogP contribution in [0.3, 0.4) is 0 Å². The monoisotopic (exact) mass is 334 g/mol. The molecule has 2 rings (SSSR count). The smallest absolute Gasteiger partial charge is 0.224 e. The van der Waals surface area contributed by atoms with Crippen LogP contribution in [0.1, 0.15) is 11.1 Å². The number of aliphatic hydroxyl groups excluding tert-OH is 1. The van der Waals surface area contributed by atoms with Crippen LogP contribution in [0.25, 0.3) is 0 Å². The fourth-order valence-corrected chi connectivity index (χ4v) is 2.47. The Bertz CT molecular complexity index is 660. The molecule has 0 unspecified atom stereocenters. The number of rotatable bonds is 7. The Labute approximate surface area is 139 Å². The van der Waals surface area contributed by atoms with Crippen molar-refractivity contribution in [1.29, 1.82) is 0 Å². The highest BCUT2D eigenvalue weighted by molar-refractivity contribution is 5.78. The van der Waals surface area contributed by atoms with Crippen LogP contribution in [0.2, 0.25) is 0 Å². The Morgan fingerprint density at radius 3 is 2.29 bits per heavy atom. The van der Waals surface area contributed by atoms with Gasteiger partial charge < -0.3 is 16.2 Å². The van der Waals surface area contributed by atoms with E-state index in [0.29, 0.717) is 5.56 Å². The summed E-state index contributed by atoms with van der Waals surface area (Å²) in [5.41, 5.74) is 6.63. The molecule has 0 aliphatic carbocycles. The summed E-state index contributed by atoms with van der Waals surface area (Å²) in [4.78, 5) is 12.2. The predicted molar refractivity (Wildman–Crippen MR) is 87.2 cm³/mol. The summed E-state index contributed by atoms with van der Waals surface area (Å²) in [5, 5.41) is 12.7. The van der Waals surface area contributed by atoms with Gasteiger partial charge in [-0.15, -0.1) is 0 Å². The summed E-state index contributed by atoms with van der Waals surface area (Å²) < 4.78 is 26.6. The fourth-order valence-electron chi connectivity index (χ4n) is 2.47. The van der Waals surface area contributed by atoms with E-state index in [1.807, 2.05) is 30.3 Å². The predicted octanol–water partition coefficient (Wildman–Crippen LogP) is 1.55. The molecule has 24 heavy (non-hydrogen) atoms. The van der Waals surface area contributed by atoms with Crippen molar-refractivity contribution in [3.05, 3.63) is 71.3 Å². The van der Waals surface area contributed by atoms with E-state index in [-0.39, 0.29) is 25.3 Å². The lowest BCUT2D eigenvalue weighted by atomic mass is 10.0. The van der Waals surface area contributed by atoms with Gasteiger partial charge in [-0.1, -0.05) is 30.3 Å². The number of aliphatic hydroxyl groups is 1. The number of carbonyl (C=O) groups is 1. The molecule has 4 nitrogen and oxygen atoms in total. The van der Waals surface area contributed by atoms with Gasteiger partial charge in [0, 0.05) is 12.6 Å². The number of hydrogen-bond donors (Lipinski definition) is 3. The van der Waals surface area contributed by atoms with Gasteiger partial charge in [0.15, 0.2) is 0 Å². The molecule has 0 radical (unpaired) electrons. The molecule has 1 amide bonds. The second-order valence-corrected chi connectivity index (χ2v) is 5.62. The minimum absolute atomic E-state index is 0.0753. The minimum Gasteiger partial charge on any atom is -0.390 e. The second kappa shape index (κ2) is 8.52. The molecule has 0 fully saturated rings. The van der Waals surface area contributed by atoms with Crippen LogP contribution in [0.15, 0.2) is 48.5 Å². The third-order valence-corrected chi connectivity index (χ3v) is 3.64. The van der Waals surface area contributed by atoms with Gasteiger partial charge in [-0.25, -0.2) is 8.78 Å². The van der Waals surface area contributed by atoms with Crippen molar-refractivity contribution in [3.8, 4) is 0 Å². The highest BCUT2D eigenvalue weighted by Crippen LogP contribution is 2.12. The standard InChI is InChI=1S/C18H20F2N2O2/c19-14-6-13(7-15(20)10-14)8-16(17(23)11-21)22-18(24)9-12-4-2-1-3-5-12/h1-7,10,16-17,23H,8-9,11,21H2,(H,22,24)/t16-,17+/m0/s1. The molecule has 2 atom stereocenters. The van der Waals surface area contributed by atoms with Gasteiger partial charge in [0.1, 0.15) is 11.6 Å². The number of amides is 1. The van der Waals surface area contributed by atoms with Crippen LogP contribution >= 0.6 is 0 Å². The van der Waals surface area contributed by atoms with Crippen molar-refractivity contribution in [3.63, 3.8) is 0 Å². The highest BCUT2D eigenvalue weighted by Gasteiger charge is 2.21. The van der Waals surface area contributed by atoms with Crippen molar-refractivity contribution < 1.29 is 18.7 Å². The van der Waals surface area contributed by atoms with Gasteiger partial charge in [-0.3, -0.25) is 4.79 Å². The third kappa shape index (κ3) is 5.40. The van der Waals surface area contributed by atoms with Crippen LogP contribution in [0.4, 0.5) is 8.78 Å². The first-order chi connectivity index (χ1) is 11.5.